The van der Waals surface area contributed by atoms with Gasteiger partial charge in [-0.1, -0.05) is 49.8 Å². The van der Waals surface area contributed by atoms with Crippen LogP contribution in [0.3, 0.4) is 0 Å². The highest BCUT2D eigenvalue weighted by atomic mass is 35.5. The Morgan fingerprint density at radius 3 is 2.39 bits per heavy atom. The zero-order chi connectivity index (χ0) is 12.8. The molecule has 1 aromatic rings. The molecule has 0 heterocycles. The summed E-state index contributed by atoms with van der Waals surface area (Å²) in [5, 5.41) is 13.7. The summed E-state index contributed by atoms with van der Waals surface area (Å²) in [7, 11) is 0. The van der Waals surface area contributed by atoms with E-state index in [-0.39, 0.29) is 0 Å². The first-order valence-corrected chi connectivity index (χ1v) is 7.07. The summed E-state index contributed by atoms with van der Waals surface area (Å²) in [6.45, 7) is 0. The molecule has 0 unspecified atom stereocenters. The van der Waals surface area contributed by atoms with Crippen molar-refractivity contribution in [3.05, 3.63) is 29.3 Å². The molecule has 1 aliphatic rings. The Balaban J connectivity index is 2.13. The smallest absolute Gasteiger partial charge is 0.125 e. The van der Waals surface area contributed by atoms with E-state index in [2.05, 4.69) is 11.4 Å². The van der Waals surface area contributed by atoms with Crippen molar-refractivity contribution in [2.75, 3.05) is 5.32 Å². The van der Waals surface area contributed by atoms with Crippen LogP contribution < -0.4 is 5.32 Å². The lowest BCUT2D eigenvalue weighted by atomic mass is 9.85. The van der Waals surface area contributed by atoms with E-state index in [9.17, 15) is 5.26 Å². The minimum Gasteiger partial charge on any atom is -0.367 e. The first-order valence-electron chi connectivity index (χ1n) is 6.69. The van der Waals surface area contributed by atoms with E-state index in [4.69, 9.17) is 11.6 Å². The van der Waals surface area contributed by atoms with Gasteiger partial charge >= 0.3 is 0 Å². The standard InChI is InChI=1S/C15H19ClN2/c16-13-7-6-8-14(11-13)18-15(12-17)9-4-2-1-3-5-10-15/h6-8,11,18H,1-5,9-10H2. The number of rotatable bonds is 2. The van der Waals surface area contributed by atoms with E-state index in [0.29, 0.717) is 5.02 Å². The van der Waals surface area contributed by atoms with Gasteiger partial charge in [0.1, 0.15) is 5.54 Å². The van der Waals surface area contributed by atoms with Crippen molar-refractivity contribution in [3.63, 3.8) is 0 Å². The van der Waals surface area contributed by atoms with Crippen LogP contribution in [0.15, 0.2) is 24.3 Å². The van der Waals surface area contributed by atoms with Crippen LogP contribution in [-0.4, -0.2) is 5.54 Å². The minimum atomic E-state index is -0.412. The fourth-order valence-electron chi connectivity index (χ4n) is 2.62. The fraction of sp³-hybridized carbons (Fsp3) is 0.533. The molecule has 18 heavy (non-hydrogen) atoms. The van der Waals surface area contributed by atoms with E-state index < -0.39 is 5.54 Å². The molecule has 3 heteroatoms. The third-order valence-corrected chi connectivity index (χ3v) is 3.86. The molecular weight excluding hydrogens is 244 g/mol. The van der Waals surface area contributed by atoms with Gasteiger partial charge in [0, 0.05) is 10.7 Å². The van der Waals surface area contributed by atoms with Crippen LogP contribution >= 0.6 is 11.6 Å². The number of nitrogens with zero attached hydrogens (tertiary/aromatic N) is 1. The Labute approximate surface area is 114 Å². The zero-order valence-electron chi connectivity index (χ0n) is 10.6. The van der Waals surface area contributed by atoms with Gasteiger partial charge in [-0.05, 0) is 31.0 Å². The average Bonchev–Trinajstić information content (AvgIpc) is 2.33. The quantitative estimate of drug-likeness (QED) is 0.834. The number of benzene rings is 1. The lowest BCUT2D eigenvalue weighted by molar-refractivity contribution is 0.410. The van der Waals surface area contributed by atoms with E-state index in [1.807, 2.05) is 24.3 Å². The van der Waals surface area contributed by atoms with Crippen molar-refractivity contribution < 1.29 is 0 Å². The lowest BCUT2D eigenvalue weighted by Gasteiger charge is -2.30. The average molecular weight is 263 g/mol. The van der Waals surface area contributed by atoms with Crippen LogP contribution in [0.2, 0.25) is 5.02 Å². The van der Waals surface area contributed by atoms with Gasteiger partial charge in [-0.25, -0.2) is 0 Å². The van der Waals surface area contributed by atoms with Gasteiger partial charge in [0.2, 0.25) is 0 Å². The largest absolute Gasteiger partial charge is 0.367 e. The molecule has 1 N–H and O–H groups in total. The van der Waals surface area contributed by atoms with E-state index in [0.717, 1.165) is 31.4 Å². The Morgan fingerprint density at radius 2 is 1.78 bits per heavy atom. The minimum absolute atomic E-state index is 0.412. The van der Waals surface area contributed by atoms with Crippen molar-refractivity contribution in [2.45, 2.75) is 50.5 Å². The van der Waals surface area contributed by atoms with Crippen LogP contribution in [-0.2, 0) is 0 Å². The molecule has 0 aliphatic heterocycles. The summed E-state index contributed by atoms with van der Waals surface area (Å²) in [6, 6.07) is 10.1. The molecule has 2 nitrogen and oxygen atoms in total. The molecule has 0 spiro atoms. The maximum absolute atomic E-state index is 9.54. The van der Waals surface area contributed by atoms with Crippen molar-refractivity contribution in [2.24, 2.45) is 0 Å². The molecule has 0 bridgehead atoms. The molecule has 1 fully saturated rings. The molecule has 1 aromatic carbocycles. The molecule has 0 atom stereocenters. The number of hydrogen-bond donors (Lipinski definition) is 1. The monoisotopic (exact) mass is 262 g/mol. The lowest BCUT2D eigenvalue weighted by Crippen LogP contribution is -2.37. The van der Waals surface area contributed by atoms with Crippen molar-refractivity contribution >= 4 is 17.3 Å². The SMILES string of the molecule is N#CC1(Nc2cccc(Cl)c2)CCCCCCC1. The summed E-state index contributed by atoms with van der Waals surface area (Å²) in [5.74, 6) is 0. The molecule has 0 aromatic heterocycles. The molecule has 96 valence electrons. The molecule has 0 saturated heterocycles. The number of nitriles is 1. The van der Waals surface area contributed by atoms with Crippen LogP contribution in [0.1, 0.15) is 44.9 Å². The third kappa shape index (κ3) is 3.40. The van der Waals surface area contributed by atoms with Gasteiger partial charge in [0.15, 0.2) is 0 Å². The third-order valence-electron chi connectivity index (χ3n) is 3.63. The number of hydrogen-bond acceptors (Lipinski definition) is 2. The zero-order valence-corrected chi connectivity index (χ0v) is 11.3. The Kier molecular flexibility index (Phi) is 4.49. The molecule has 2 rings (SSSR count). The van der Waals surface area contributed by atoms with Crippen LogP contribution in [0, 0.1) is 11.3 Å². The van der Waals surface area contributed by atoms with Gasteiger partial charge in [0.05, 0.1) is 6.07 Å². The Hall–Kier alpha value is -1.20. The summed E-state index contributed by atoms with van der Waals surface area (Å²) < 4.78 is 0. The second-order valence-corrected chi connectivity index (χ2v) is 5.53. The second-order valence-electron chi connectivity index (χ2n) is 5.10. The summed E-state index contributed by atoms with van der Waals surface area (Å²) in [6.07, 6.45) is 7.88. The Bertz CT molecular complexity index is 428. The number of anilines is 1. The second kappa shape index (κ2) is 6.11. The maximum Gasteiger partial charge on any atom is 0.125 e. The highest BCUT2D eigenvalue weighted by Gasteiger charge is 2.29. The van der Waals surface area contributed by atoms with E-state index in [1.165, 1.54) is 19.3 Å². The molecule has 1 saturated carbocycles. The summed E-state index contributed by atoms with van der Waals surface area (Å²) in [5.41, 5.74) is 0.537. The van der Waals surface area contributed by atoms with Crippen molar-refractivity contribution in [3.8, 4) is 6.07 Å². The Morgan fingerprint density at radius 1 is 1.11 bits per heavy atom. The topological polar surface area (TPSA) is 35.8 Å². The molecule has 0 amide bonds. The van der Waals surface area contributed by atoms with Crippen LogP contribution in [0.4, 0.5) is 5.69 Å². The van der Waals surface area contributed by atoms with Gasteiger partial charge in [-0.15, -0.1) is 0 Å². The van der Waals surface area contributed by atoms with Gasteiger partial charge in [-0.3, -0.25) is 0 Å². The predicted molar refractivity (Wildman–Crippen MR) is 75.7 cm³/mol. The first kappa shape index (κ1) is 13.2. The predicted octanol–water partition coefficient (Wildman–Crippen LogP) is 4.76. The fourth-order valence-corrected chi connectivity index (χ4v) is 2.81. The molecule has 1 aliphatic carbocycles. The number of halogens is 1. The van der Waals surface area contributed by atoms with Crippen molar-refractivity contribution in [1.29, 1.82) is 5.26 Å². The van der Waals surface area contributed by atoms with Crippen molar-refractivity contribution in [1.82, 2.24) is 0 Å². The van der Waals surface area contributed by atoms with Crippen LogP contribution in [0.5, 0.6) is 0 Å². The summed E-state index contributed by atoms with van der Waals surface area (Å²) in [4.78, 5) is 0. The van der Waals surface area contributed by atoms with Gasteiger partial charge < -0.3 is 5.32 Å². The van der Waals surface area contributed by atoms with E-state index in [1.54, 1.807) is 0 Å². The number of nitrogens with one attached hydrogen (secondary N) is 1. The summed E-state index contributed by atoms with van der Waals surface area (Å²) >= 11 is 5.99. The highest BCUT2D eigenvalue weighted by Crippen LogP contribution is 2.30. The first-order chi connectivity index (χ1) is 8.74. The molecular formula is C15H19ClN2. The molecule has 0 radical (unpaired) electrons. The van der Waals surface area contributed by atoms with Crippen LogP contribution in [0.25, 0.3) is 0 Å². The normalized spacial score (nSPS) is 19.3. The van der Waals surface area contributed by atoms with Gasteiger partial charge in [0.25, 0.3) is 0 Å². The van der Waals surface area contributed by atoms with Gasteiger partial charge in [-0.2, -0.15) is 5.26 Å². The highest BCUT2D eigenvalue weighted by molar-refractivity contribution is 6.30. The maximum atomic E-state index is 9.54. The van der Waals surface area contributed by atoms with E-state index >= 15 is 0 Å².